The van der Waals surface area contributed by atoms with Crippen molar-refractivity contribution in [2.24, 2.45) is 17.1 Å². The Balaban J connectivity index is 1.46. The lowest BCUT2D eigenvalue weighted by molar-refractivity contribution is -0.147. The number of rotatable bonds is 6. The van der Waals surface area contributed by atoms with Crippen LogP contribution in [0.4, 0.5) is 0 Å². The van der Waals surface area contributed by atoms with Crippen LogP contribution < -0.4 is 5.73 Å². The number of hydrogen-bond donors (Lipinski definition) is 1. The summed E-state index contributed by atoms with van der Waals surface area (Å²) >= 11 is 0. The normalized spacial score (nSPS) is 25.7. The number of carbonyl (C=O) groups excluding carboxylic acids is 2. The SMILES string of the molecule is COCCC1(C(N)=O)CCN(C2CN(C(=O)C3CCC3)C2)CC1. The van der Waals surface area contributed by atoms with Crippen molar-refractivity contribution >= 4 is 11.8 Å². The standard InChI is InChI=1S/C17H29N3O3/c1-23-10-7-17(16(18)22)5-8-19(9-6-17)14-11-20(12-14)15(21)13-3-2-4-13/h13-14H,2-12H2,1H3,(H2,18,22). The molecule has 0 atom stereocenters. The second-order valence-corrected chi connectivity index (χ2v) is 7.45. The average Bonchev–Trinajstić information content (AvgIpc) is 2.43. The summed E-state index contributed by atoms with van der Waals surface area (Å²) in [6.07, 6.45) is 5.67. The third-order valence-corrected chi connectivity index (χ3v) is 6.21. The molecule has 2 amide bonds. The lowest BCUT2D eigenvalue weighted by Gasteiger charge is -2.50. The summed E-state index contributed by atoms with van der Waals surface area (Å²) in [5, 5.41) is 0. The van der Waals surface area contributed by atoms with Crippen LogP contribution in [0.5, 0.6) is 0 Å². The first-order valence-electron chi connectivity index (χ1n) is 8.87. The Morgan fingerprint density at radius 3 is 2.35 bits per heavy atom. The van der Waals surface area contributed by atoms with Gasteiger partial charge in [0.05, 0.1) is 5.41 Å². The highest BCUT2D eigenvalue weighted by Crippen LogP contribution is 2.37. The molecule has 1 aliphatic carbocycles. The topological polar surface area (TPSA) is 75.9 Å². The number of amides is 2. The first kappa shape index (κ1) is 16.7. The van der Waals surface area contributed by atoms with Gasteiger partial charge >= 0.3 is 0 Å². The van der Waals surface area contributed by atoms with Crippen molar-refractivity contribution in [2.45, 2.75) is 44.6 Å². The maximum absolute atomic E-state index is 12.2. The van der Waals surface area contributed by atoms with Crippen LogP contribution in [0.2, 0.25) is 0 Å². The highest BCUT2D eigenvalue weighted by Gasteiger charge is 2.44. The number of primary amides is 1. The van der Waals surface area contributed by atoms with Crippen LogP contribution in [-0.4, -0.2) is 67.6 Å². The van der Waals surface area contributed by atoms with Crippen molar-refractivity contribution in [3.63, 3.8) is 0 Å². The molecule has 0 aromatic heterocycles. The third-order valence-electron chi connectivity index (χ3n) is 6.21. The van der Waals surface area contributed by atoms with E-state index in [0.29, 0.717) is 30.9 Å². The van der Waals surface area contributed by atoms with Crippen LogP contribution >= 0.6 is 0 Å². The molecule has 2 N–H and O–H groups in total. The first-order chi connectivity index (χ1) is 11.1. The smallest absolute Gasteiger partial charge is 0.225 e. The minimum Gasteiger partial charge on any atom is -0.385 e. The fourth-order valence-corrected chi connectivity index (χ4v) is 4.01. The molecule has 0 radical (unpaired) electrons. The van der Waals surface area contributed by atoms with Crippen LogP contribution in [0.25, 0.3) is 0 Å². The minimum atomic E-state index is -0.405. The van der Waals surface area contributed by atoms with Gasteiger partial charge in [-0.3, -0.25) is 14.5 Å². The summed E-state index contributed by atoms with van der Waals surface area (Å²) < 4.78 is 5.14. The number of carbonyl (C=O) groups is 2. The zero-order valence-electron chi connectivity index (χ0n) is 14.1. The van der Waals surface area contributed by atoms with E-state index < -0.39 is 5.41 Å². The molecule has 0 spiro atoms. The van der Waals surface area contributed by atoms with Gasteiger partial charge in [-0.2, -0.15) is 0 Å². The average molecular weight is 323 g/mol. The van der Waals surface area contributed by atoms with Gasteiger partial charge in [-0.25, -0.2) is 0 Å². The van der Waals surface area contributed by atoms with Crippen LogP contribution in [0.1, 0.15) is 38.5 Å². The van der Waals surface area contributed by atoms with Gasteiger partial charge < -0.3 is 15.4 Å². The van der Waals surface area contributed by atoms with Crippen molar-refractivity contribution in [2.75, 3.05) is 39.9 Å². The molecule has 2 saturated heterocycles. The Kier molecular flexibility index (Phi) is 4.92. The summed E-state index contributed by atoms with van der Waals surface area (Å²) in [5.41, 5.74) is 5.26. The van der Waals surface area contributed by atoms with E-state index in [1.807, 2.05) is 4.90 Å². The number of ether oxygens (including phenoxy) is 1. The number of piperidine rings is 1. The third kappa shape index (κ3) is 3.24. The molecule has 23 heavy (non-hydrogen) atoms. The molecule has 0 aromatic rings. The number of methoxy groups -OCH3 is 1. The maximum Gasteiger partial charge on any atom is 0.225 e. The van der Waals surface area contributed by atoms with Gasteiger partial charge in [0, 0.05) is 38.8 Å². The number of likely N-dealkylation sites (tertiary alicyclic amines) is 2. The van der Waals surface area contributed by atoms with Crippen LogP contribution in [0.15, 0.2) is 0 Å². The van der Waals surface area contributed by atoms with E-state index in [-0.39, 0.29) is 5.91 Å². The Hall–Kier alpha value is -1.14. The van der Waals surface area contributed by atoms with Gasteiger partial charge in [-0.15, -0.1) is 0 Å². The summed E-state index contributed by atoms with van der Waals surface area (Å²) in [7, 11) is 1.66. The molecule has 0 aromatic carbocycles. The summed E-state index contributed by atoms with van der Waals surface area (Å²) in [6, 6.07) is 0.465. The van der Waals surface area contributed by atoms with Gasteiger partial charge in [0.2, 0.25) is 11.8 Å². The van der Waals surface area contributed by atoms with Crippen molar-refractivity contribution in [3.8, 4) is 0 Å². The summed E-state index contributed by atoms with van der Waals surface area (Å²) in [5.74, 6) is 0.467. The quantitative estimate of drug-likeness (QED) is 0.777. The van der Waals surface area contributed by atoms with E-state index in [0.717, 1.165) is 51.9 Å². The van der Waals surface area contributed by atoms with Crippen molar-refractivity contribution in [3.05, 3.63) is 0 Å². The Morgan fingerprint density at radius 2 is 1.87 bits per heavy atom. The van der Waals surface area contributed by atoms with E-state index in [4.69, 9.17) is 10.5 Å². The second kappa shape index (κ2) is 6.77. The largest absolute Gasteiger partial charge is 0.385 e. The molecule has 6 nitrogen and oxygen atoms in total. The van der Waals surface area contributed by atoms with E-state index >= 15 is 0 Å². The van der Waals surface area contributed by atoms with Gasteiger partial charge in [0.25, 0.3) is 0 Å². The predicted molar refractivity (Wildman–Crippen MR) is 86.6 cm³/mol. The number of nitrogens with two attached hydrogens (primary N) is 1. The van der Waals surface area contributed by atoms with Crippen molar-refractivity contribution in [1.29, 1.82) is 0 Å². The van der Waals surface area contributed by atoms with Crippen LogP contribution in [0.3, 0.4) is 0 Å². The molecular weight excluding hydrogens is 294 g/mol. The van der Waals surface area contributed by atoms with E-state index in [1.165, 1.54) is 6.42 Å². The maximum atomic E-state index is 12.2. The summed E-state index contributed by atoms with van der Waals surface area (Å²) in [6.45, 7) is 4.08. The predicted octanol–water partition coefficient (Wildman–Crippen LogP) is 0.601. The second-order valence-electron chi connectivity index (χ2n) is 7.45. The number of nitrogens with zero attached hydrogens (tertiary/aromatic N) is 2. The van der Waals surface area contributed by atoms with Crippen LogP contribution in [-0.2, 0) is 14.3 Å². The molecule has 0 bridgehead atoms. The van der Waals surface area contributed by atoms with E-state index in [1.54, 1.807) is 7.11 Å². The fraction of sp³-hybridized carbons (Fsp3) is 0.882. The summed E-state index contributed by atoms with van der Waals surface area (Å²) in [4.78, 5) is 28.5. The van der Waals surface area contributed by atoms with Gasteiger partial charge in [0.15, 0.2) is 0 Å². The first-order valence-corrected chi connectivity index (χ1v) is 8.87. The molecular formula is C17H29N3O3. The van der Waals surface area contributed by atoms with Gasteiger partial charge in [0.1, 0.15) is 0 Å². The monoisotopic (exact) mass is 323 g/mol. The molecule has 6 heteroatoms. The molecule has 1 saturated carbocycles. The molecule has 130 valence electrons. The fourth-order valence-electron chi connectivity index (χ4n) is 4.01. The van der Waals surface area contributed by atoms with Gasteiger partial charge in [-0.1, -0.05) is 6.42 Å². The Bertz CT molecular complexity index is 450. The lowest BCUT2D eigenvalue weighted by Crippen LogP contribution is -2.64. The number of hydrogen-bond acceptors (Lipinski definition) is 4. The molecule has 3 rings (SSSR count). The van der Waals surface area contributed by atoms with Crippen molar-refractivity contribution < 1.29 is 14.3 Å². The molecule has 3 fully saturated rings. The van der Waals surface area contributed by atoms with E-state index in [9.17, 15) is 9.59 Å². The van der Waals surface area contributed by atoms with Crippen LogP contribution in [0, 0.1) is 11.3 Å². The Morgan fingerprint density at radius 1 is 1.22 bits per heavy atom. The lowest BCUT2D eigenvalue weighted by atomic mass is 9.74. The van der Waals surface area contributed by atoms with Crippen molar-refractivity contribution in [1.82, 2.24) is 9.80 Å². The molecule has 0 unspecified atom stereocenters. The zero-order chi connectivity index (χ0) is 16.4. The van der Waals surface area contributed by atoms with Gasteiger partial charge in [-0.05, 0) is 45.2 Å². The molecule has 2 heterocycles. The minimum absolute atomic E-state index is 0.190. The van der Waals surface area contributed by atoms with E-state index in [2.05, 4.69) is 4.90 Å². The highest BCUT2D eigenvalue weighted by molar-refractivity contribution is 5.81. The zero-order valence-corrected chi connectivity index (χ0v) is 14.1. The highest BCUT2D eigenvalue weighted by atomic mass is 16.5. The molecule has 3 aliphatic rings. The molecule has 2 aliphatic heterocycles. The Labute approximate surface area is 138 Å².